The van der Waals surface area contributed by atoms with Crippen LogP contribution in [0.25, 0.3) is 22.3 Å². The van der Waals surface area contributed by atoms with Crippen LogP contribution in [0, 0.1) is 0 Å². The van der Waals surface area contributed by atoms with Gasteiger partial charge in [0.25, 0.3) is 5.91 Å². The molecule has 0 radical (unpaired) electrons. The topological polar surface area (TPSA) is 98.4 Å². The molecule has 1 atom stereocenters. The van der Waals surface area contributed by atoms with Crippen molar-refractivity contribution in [3.63, 3.8) is 0 Å². The first-order valence-electron chi connectivity index (χ1n) is 9.39. The quantitative estimate of drug-likeness (QED) is 0.543. The van der Waals surface area contributed by atoms with Crippen molar-refractivity contribution in [1.29, 1.82) is 0 Å². The number of hydrogen-bond acceptors (Lipinski definition) is 6. The molecule has 0 spiro atoms. The number of ether oxygens (including phenoxy) is 3. The summed E-state index contributed by atoms with van der Waals surface area (Å²) in [5.41, 5.74) is 2.92. The summed E-state index contributed by atoms with van der Waals surface area (Å²) in [5.74, 6) is 1.38. The van der Waals surface area contributed by atoms with Gasteiger partial charge in [-0.3, -0.25) is 4.79 Å². The van der Waals surface area contributed by atoms with Crippen LogP contribution in [-0.4, -0.2) is 40.7 Å². The van der Waals surface area contributed by atoms with E-state index >= 15 is 0 Å². The molecular weight excluding hydrogens is 384 g/mol. The van der Waals surface area contributed by atoms with Gasteiger partial charge in [-0.2, -0.15) is 0 Å². The number of benzene rings is 2. The van der Waals surface area contributed by atoms with Gasteiger partial charge in [-0.05, 0) is 30.3 Å². The molecule has 150 valence electrons. The number of nitrogens with zero attached hydrogens (tertiary/aromatic N) is 2. The molecular formula is C22H18N4O4. The van der Waals surface area contributed by atoms with Crippen molar-refractivity contribution in [2.75, 3.05) is 19.0 Å². The Morgan fingerprint density at radius 2 is 2.03 bits per heavy atom. The molecule has 2 aromatic heterocycles. The third-order valence-electron chi connectivity index (χ3n) is 4.89. The minimum Gasteiger partial charge on any atom is -0.495 e. The summed E-state index contributed by atoms with van der Waals surface area (Å²) in [6.07, 6.45) is 2.57. The lowest BCUT2D eigenvalue weighted by atomic mass is 10.1. The van der Waals surface area contributed by atoms with Crippen LogP contribution in [0.1, 0.15) is 0 Å². The van der Waals surface area contributed by atoms with E-state index in [0.29, 0.717) is 22.9 Å². The van der Waals surface area contributed by atoms with E-state index in [2.05, 4.69) is 20.3 Å². The highest BCUT2D eigenvalue weighted by molar-refractivity contribution is 5.97. The van der Waals surface area contributed by atoms with E-state index in [1.54, 1.807) is 25.3 Å². The van der Waals surface area contributed by atoms with E-state index in [1.807, 2.05) is 36.5 Å². The molecule has 1 amide bonds. The predicted octanol–water partition coefficient (Wildman–Crippen LogP) is 3.41. The largest absolute Gasteiger partial charge is 0.495 e. The van der Waals surface area contributed by atoms with Crippen LogP contribution in [-0.2, 0) is 4.79 Å². The third kappa shape index (κ3) is 3.18. The first-order chi connectivity index (χ1) is 14.7. The maximum Gasteiger partial charge on any atom is 0.269 e. The Balaban J connectivity index is 1.39. The number of aromatic amines is 1. The number of hydrogen-bond donors (Lipinski definition) is 2. The van der Waals surface area contributed by atoms with Crippen molar-refractivity contribution < 1.29 is 19.0 Å². The molecule has 0 fully saturated rings. The van der Waals surface area contributed by atoms with Crippen molar-refractivity contribution in [3.8, 4) is 28.5 Å². The van der Waals surface area contributed by atoms with Gasteiger partial charge >= 0.3 is 0 Å². The molecule has 2 N–H and O–H groups in total. The van der Waals surface area contributed by atoms with Crippen LogP contribution in [0.15, 0.2) is 61.1 Å². The molecule has 0 saturated carbocycles. The van der Waals surface area contributed by atoms with Crippen LogP contribution in [0.5, 0.6) is 17.2 Å². The van der Waals surface area contributed by atoms with E-state index in [1.165, 1.54) is 6.33 Å². The highest BCUT2D eigenvalue weighted by Crippen LogP contribution is 2.34. The Labute approximate surface area is 171 Å². The average Bonchev–Trinajstić information content (AvgIpc) is 3.28. The molecule has 0 unspecified atom stereocenters. The first kappa shape index (κ1) is 18.0. The minimum absolute atomic E-state index is 0.135. The number of fused-ring (bicyclic) bond motifs is 2. The maximum atomic E-state index is 12.7. The summed E-state index contributed by atoms with van der Waals surface area (Å²) in [6, 6.07) is 14.7. The van der Waals surface area contributed by atoms with Crippen molar-refractivity contribution in [3.05, 3.63) is 61.1 Å². The maximum absolute atomic E-state index is 12.7. The van der Waals surface area contributed by atoms with Gasteiger partial charge in [0.2, 0.25) is 6.10 Å². The fourth-order valence-electron chi connectivity index (χ4n) is 3.41. The van der Waals surface area contributed by atoms with Gasteiger partial charge in [0.05, 0.1) is 18.5 Å². The van der Waals surface area contributed by atoms with Crippen molar-refractivity contribution in [2.45, 2.75) is 6.10 Å². The Bertz CT molecular complexity index is 1240. The van der Waals surface area contributed by atoms with Crippen LogP contribution in [0.2, 0.25) is 0 Å². The summed E-state index contributed by atoms with van der Waals surface area (Å²) >= 11 is 0. The van der Waals surface area contributed by atoms with Crippen LogP contribution >= 0.6 is 0 Å². The lowest BCUT2D eigenvalue weighted by Crippen LogP contribution is -2.40. The summed E-state index contributed by atoms with van der Waals surface area (Å²) in [7, 11) is 1.55. The Hall–Kier alpha value is -4.07. The molecule has 1 aliphatic rings. The average molecular weight is 402 g/mol. The number of carbonyl (C=O) groups excluding carboxylic acids is 1. The fourth-order valence-corrected chi connectivity index (χ4v) is 3.41. The number of carbonyl (C=O) groups is 1. The summed E-state index contributed by atoms with van der Waals surface area (Å²) in [5, 5.41) is 3.77. The predicted molar refractivity (Wildman–Crippen MR) is 111 cm³/mol. The zero-order chi connectivity index (χ0) is 20.5. The Morgan fingerprint density at radius 1 is 1.17 bits per heavy atom. The monoisotopic (exact) mass is 402 g/mol. The second kappa shape index (κ2) is 7.40. The number of amides is 1. The highest BCUT2D eigenvalue weighted by Gasteiger charge is 2.28. The molecule has 5 rings (SSSR count). The van der Waals surface area contributed by atoms with Crippen molar-refractivity contribution >= 4 is 22.6 Å². The molecule has 4 aromatic rings. The number of aromatic nitrogens is 3. The normalized spacial score (nSPS) is 15.0. The van der Waals surface area contributed by atoms with E-state index in [-0.39, 0.29) is 12.5 Å². The van der Waals surface area contributed by atoms with E-state index < -0.39 is 6.10 Å². The highest BCUT2D eigenvalue weighted by atomic mass is 16.6. The number of methoxy groups -OCH3 is 1. The summed E-state index contributed by atoms with van der Waals surface area (Å²) in [6.45, 7) is 0.135. The van der Waals surface area contributed by atoms with Gasteiger partial charge in [0.15, 0.2) is 11.5 Å². The summed E-state index contributed by atoms with van der Waals surface area (Å²) < 4.78 is 16.9. The number of rotatable bonds is 4. The lowest BCUT2D eigenvalue weighted by Gasteiger charge is -2.25. The molecule has 8 nitrogen and oxygen atoms in total. The Kier molecular flexibility index (Phi) is 4.44. The van der Waals surface area contributed by atoms with Crippen molar-refractivity contribution in [2.24, 2.45) is 0 Å². The fraction of sp³-hybridized carbons (Fsp3) is 0.136. The van der Waals surface area contributed by atoms with Crippen LogP contribution < -0.4 is 19.5 Å². The lowest BCUT2D eigenvalue weighted by molar-refractivity contribution is -0.125. The molecule has 0 saturated heterocycles. The van der Waals surface area contributed by atoms with Gasteiger partial charge in [-0.1, -0.05) is 18.2 Å². The van der Waals surface area contributed by atoms with Gasteiger partial charge < -0.3 is 24.5 Å². The van der Waals surface area contributed by atoms with Gasteiger partial charge in [0.1, 0.15) is 24.3 Å². The van der Waals surface area contributed by atoms with E-state index in [4.69, 9.17) is 14.2 Å². The van der Waals surface area contributed by atoms with Gasteiger partial charge in [-0.25, -0.2) is 9.97 Å². The molecule has 8 heteroatoms. The minimum atomic E-state index is -0.759. The van der Waals surface area contributed by atoms with Crippen LogP contribution in [0.3, 0.4) is 0 Å². The molecule has 1 aliphatic heterocycles. The molecule has 2 aromatic carbocycles. The second-order valence-corrected chi connectivity index (χ2v) is 6.73. The summed E-state index contributed by atoms with van der Waals surface area (Å²) in [4.78, 5) is 24.4. The third-order valence-corrected chi connectivity index (χ3v) is 4.89. The molecule has 30 heavy (non-hydrogen) atoms. The zero-order valence-electron chi connectivity index (χ0n) is 16.1. The van der Waals surface area contributed by atoms with Crippen LogP contribution in [0.4, 0.5) is 5.69 Å². The number of nitrogens with one attached hydrogen (secondary N) is 2. The number of para-hydroxylation sites is 2. The van der Waals surface area contributed by atoms with Gasteiger partial charge in [0, 0.05) is 17.1 Å². The molecule has 0 bridgehead atoms. The number of H-pyrrole nitrogens is 1. The molecule has 3 heterocycles. The van der Waals surface area contributed by atoms with E-state index in [0.717, 1.165) is 22.3 Å². The Morgan fingerprint density at radius 3 is 2.90 bits per heavy atom. The molecule has 0 aliphatic carbocycles. The van der Waals surface area contributed by atoms with E-state index in [9.17, 15) is 4.79 Å². The SMILES string of the molecule is COc1cc(-c2ncnc3[nH]ccc23)ccc1NC(=O)[C@H]1COc2ccccc2O1. The van der Waals surface area contributed by atoms with Crippen molar-refractivity contribution in [1.82, 2.24) is 15.0 Å². The number of anilines is 1. The van der Waals surface area contributed by atoms with Gasteiger partial charge in [-0.15, -0.1) is 0 Å². The first-order valence-corrected chi connectivity index (χ1v) is 9.39. The standard InChI is InChI=1S/C22H18N4O4/c1-28-18-10-13(20-14-8-9-23-21(14)25-12-24-20)6-7-15(18)26-22(27)19-11-29-16-4-2-3-5-17(16)30-19/h2-10,12,19H,11H2,1H3,(H,26,27)(H,23,24,25)/t19-/m1/s1. The second-order valence-electron chi connectivity index (χ2n) is 6.73. The zero-order valence-corrected chi connectivity index (χ0v) is 16.1. The smallest absolute Gasteiger partial charge is 0.269 e.